The molecule has 0 amide bonds. The molecule has 0 aliphatic carbocycles. The quantitative estimate of drug-likeness (QED) is 0.127. The van der Waals surface area contributed by atoms with E-state index in [9.17, 15) is 14.7 Å². The van der Waals surface area contributed by atoms with Crippen molar-refractivity contribution in [3.63, 3.8) is 0 Å². The first-order valence-corrected chi connectivity index (χ1v) is 11.7. The number of unbranched alkanes of at least 4 members (excludes halogenated alkanes) is 8. The number of carboxylic acids is 1. The van der Waals surface area contributed by atoms with Crippen molar-refractivity contribution in [3.05, 3.63) is 24.3 Å². The van der Waals surface area contributed by atoms with Gasteiger partial charge in [0.15, 0.2) is 6.10 Å². The Morgan fingerprint density at radius 1 is 0.871 bits per heavy atom. The Balaban J connectivity index is 0. The van der Waals surface area contributed by atoms with Gasteiger partial charge in [-0.05, 0) is 38.5 Å². The summed E-state index contributed by atoms with van der Waals surface area (Å²) in [5.41, 5.74) is 0. The summed E-state index contributed by atoms with van der Waals surface area (Å²) in [4.78, 5) is 22.9. The molecule has 0 aromatic heterocycles. The Kier molecular flexibility index (Phi) is 21.1. The molecular weight excluding hydrogens is 414 g/mol. The fourth-order valence-electron chi connectivity index (χ4n) is 3.27. The molecule has 1 atom stereocenters. The van der Waals surface area contributed by atoms with Crippen molar-refractivity contribution in [2.75, 3.05) is 27.7 Å². The summed E-state index contributed by atoms with van der Waals surface area (Å²) in [5.74, 6) is -1.49. The van der Waals surface area contributed by atoms with Gasteiger partial charge in [-0.1, -0.05) is 63.3 Å². The van der Waals surface area contributed by atoms with E-state index in [4.69, 9.17) is 4.74 Å². The van der Waals surface area contributed by atoms with Crippen LogP contribution in [0.4, 0.5) is 0 Å². The highest BCUT2D eigenvalue weighted by Crippen LogP contribution is 2.11. The second-order valence-corrected chi connectivity index (χ2v) is 9.14. The number of aliphatic carboxylic acids is 1. The number of allylic oxidation sites excluding steroid dienone is 4. The Labute approximate surface area is 196 Å². The number of ether oxygens (including phenoxy) is 1. The van der Waals surface area contributed by atoms with Crippen LogP contribution in [0.3, 0.4) is 0 Å². The normalized spacial score (nSPS) is 12.8. The molecule has 0 rings (SSSR count). The van der Waals surface area contributed by atoms with Gasteiger partial charge in [-0.2, -0.15) is 0 Å². The van der Waals surface area contributed by atoms with E-state index < -0.39 is 12.1 Å². The molecular formula is C25H45ClNO4-. The maximum absolute atomic E-state index is 12.0. The Hall–Kier alpha value is -1.33. The van der Waals surface area contributed by atoms with E-state index in [0.717, 1.165) is 32.1 Å². The van der Waals surface area contributed by atoms with Gasteiger partial charge in [0.2, 0.25) is 0 Å². The van der Waals surface area contributed by atoms with Crippen LogP contribution in [0.25, 0.3) is 0 Å². The molecule has 0 heterocycles. The number of likely N-dealkylation sites (N-methyl/N-ethyl adjacent to an activating group) is 1. The van der Waals surface area contributed by atoms with E-state index in [1.54, 1.807) is 0 Å². The standard InChI is InChI=1S/C25H45NO4.ClH/c1-5-6-7-8-9-10-11-12-13-14-15-16-17-18-19-20-25(29)30-23(21-24(27)28)22-26(2,3)4;/h9-10,12-13,23H,5-8,11,14-22H2,1-4H3;1H/p-1/t23-;/m1./s1. The first-order chi connectivity index (χ1) is 14.2. The second kappa shape index (κ2) is 20.6. The molecule has 5 nitrogen and oxygen atoms in total. The van der Waals surface area contributed by atoms with Crippen LogP contribution in [-0.4, -0.2) is 50.2 Å². The molecule has 0 N–H and O–H groups in total. The van der Waals surface area contributed by atoms with Crippen LogP contribution in [0.15, 0.2) is 24.3 Å². The SMILES string of the molecule is CCCCCC=CCC=CCCCCCCCC(=O)O[C@H](CC(=O)[O-])C[N+](C)(C)C.[Cl-]. The van der Waals surface area contributed by atoms with Gasteiger partial charge in [0.05, 0.1) is 21.1 Å². The molecule has 0 spiro atoms. The molecule has 182 valence electrons. The lowest BCUT2D eigenvalue weighted by Gasteiger charge is -2.29. The van der Waals surface area contributed by atoms with Crippen LogP contribution in [0.5, 0.6) is 0 Å². The second-order valence-electron chi connectivity index (χ2n) is 9.14. The number of nitrogens with zero attached hydrogens (tertiary/aromatic N) is 1. The van der Waals surface area contributed by atoms with E-state index in [1.165, 1.54) is 38.5 Å². The van der Waals surface area contributed by atoms with E-state index >= 15 is 0 Å². The lowest BCUT2D eigenvalue weighted by molar-refractivity contribution is -0.873. The number of hydrogen-bond acceptors (Lipinski definition) is 4. The summed E-state index contributed by atoms with van der Waals surface area (Å²) in [7, 11) is 5.82. The first kappa shape index (κ1) is 31.9. The zero-order valence-corrected chi connectivity index (χ0v) is 21.0. The number of quaternary nitrogens is 1. The third kappa shape index (κ3) is 24.8. The summed E-state index contributed by atoms with van der Waals surface area (Å²) in [6, 6.07) is 0. The van der Waals surface area contributed by atoms with E-state index in [-0.39, 0.29) is 24.8 Å². The van der Waals surface area contributed by atoms with Crippen molar-refractivity contribution in [1.29, 1.82) is 0 Å². The predicted octanol–water partition coefficient (Wildman–Crippen LogP) is 1.56. The van der Waals surface area contributed by atoms with Gasteiger partial charge >= 0.3 is 5.97 Å². The molecule has 0 bridgehead atoms. The highest BCUT2D eigenvalue weighted by atomic mass is 35.5. The van der Waals surface area contributed by atoms with E-state index in [2.05, 4.69) is 31.2 Å². The molecule has 0 aromatic carbocycles. The van der Waals surface area contributed by atoms with Gasteiger partial charge in [0.1, 0.15) is 6.54 Å². The number of carbonyl (C=O) groups is 2. The number of esters is 1. The summed E-state index contributed by atoms with van der Waals surface area (Å²) >= 11 is 0. The largest absolute Gasteiger partial charge is 1.00 e. The van der Waals surface area contributed by atoms with Gasteiger partial charge in [-0.15, -0.1) is 0 Å². The molecule has 0 aliphatic heterocycles. The average Bonchev–Trinajstić information content (AvgIpc) is 2.63. The first-order valence-electron chi connectivity index (χ1n) is 11.7. The third-order valence-corrected chi connectivity index (χ3v) is 4.78. The molecule has 31 heavy (non-hydrogen) atoms. The monoisotopic (exact) mass is 458 g/mol. The molecule has 0 saturated heterocycles. The zero-order chi connectivity index (χ0) is 22.7. The van der Waals surface area contributed by atoms with Crippen molar-refractivity contribution < 1.29 is 36.3 Å². The number of hydrogen-bond donors (Lipinski definition) is 0. The van der Waals surface area contributed by atoms with Crippen molar-refractivity contribution in [3.8, 4) is 0 Å². The minimum atomic E-state index is -1.18. The fraction of sp³-hybridized carbons (Fsp3) is 0.760. The number of carboxylic acid groups (broad SMARTS) is 1. The molecule has 0 aromatic rings. The van der Waals surface area contributed by atoms with Gasteiger partial charge in [-0.3, -0.25) is 4.79 Å². The van der Waals surface area contributed by atoms with Crippen molar-refractivity contribution >= 4 is 11.9 Å². The molecule has 0 aliphatic rings. The minimum absolute atomic E-state index is 0. The summed E-state index contributed by atoms with van der Waals surface area (Å²) in [5, 5.41) is 10.9. The lowest BCUT2D eigenvalue weighted by atomic mass is 10.1. The van der Waals surface area contributed by atoms with Gasteiger partial charge in [-0.25, -0.2) is 0 Å². The summed E-state index contributed by atoms with van der Waals surface area (Å²) < 4.78 is 5.90. The fourth-order valence-corrected chi connectivity index (χ4v) is 3.27. The van der Waals surface area contributed by atoms with E-state index in [1.807, 2.05) is 21.1 Å². The lowest BCUT2D eigenvalue weighted by Crippen LogP contribution is -3.00. The van der Waals surface area contributed by atoms with Crippen molar-refractivity contribution in [2.45, 2.75) is 96.5 Å². The van der Waals surface area contributed by atoms with Gasteiger partial charge in [0, 0.05) is 18.8 Å². The van der Waals surface area contributed by atoms with Crippen LogP contribution in [0, 0.1) is 0 Å². The van der Waals surface area contributed by atoms with E-state index in [0.29, 0.717) is 17.4 Å². The minimum Gasteiger partial charge on any atom is -1.00 e. The topological polar surface area (TPSA) is 66.4 Å². The predicted molar refractivity (Wildman–Crippen MR) is 122 cm³/mol. The molecule has 0 unspecified atom stereocenters. The van der Waals surface area contributed by atoms with Crippen LogP contribution < -0.4 is 17.5 Å². The van der Waals surface area contributed by atoms with Crippen LogP contribution in [0.1, 0.15) is 90.4 Å². The van der Waals surface area contributed by atoms with Gasteiger partial charge < -0.3 is 31.5 Å². The van der Waals surface area contributed by atoms with Crippen molar-refractivity contribution in [1.82, 2.24) is 0 Å². The number of rotatable bonds is 19. The number of halogens is 1. The Morgan fingerprint density at radius 2 is 1.42 bits per heavy atom. The zero-order valence-electron chi connectivity index (χ0n) is 20.2. The highest BCUT2D eigenvalue weighted by molar-refractivity contribution is 5.70. The Morgan fingerprint density at radius 3 is 1.97 bits per heavy atom. The smallest absolute Gasteiger partial charge is 0.306 e. The maximum atomic E-state index is 12.0. The van der Waals surface area contributed by atoms with Crippen LogP contribution >= 0.6 is 0 Å². The molecule has 0 saturated carbocycles. The third-order valence-electron chi connectivity index (χ3n) is 4.78. The van der Waals surface area contributed by atoms with Crippen LogP contribution in [-0.2, 0) is 14.3 Å². The van der Waals surface area contributed by atoms with Crippen molar-refractivity contribution in [2.24, 2.45) is 0 Å². The summed E-state index contributed by atoms with van der Waals surface area (Å²) in [6.45, 7) is 2.69. The molecule has 6 heteroatoms. The summed E-state index contributed by atoms with van der Waals surface area (Å²) in [6.07, 6.45) is 21.0. The number of carbonyl (C=O) groups excluding carboxylic acids is 2. The van der Waals surface area contributed by atoms with Crippen LogP contribution in [0.2, 0.25) is 0 Å². The average molecular weight is 459 g/mol. The molecule has 0 fully saturated rings. The Bertz CT molecular complexity index is 512. The maximum Gasteiger partial charge on any atom is 0.306 e. The molecule has 0 radical (unpaired) electrons. The van der Waals surface area contributed by atoms with Gasteiger partial charge in [0.25, 0.3) is 0 Å². The highest BCUT2D eigenvalue weighted by Gasteiger charge is 2.22.